The van der Waals surface area contributed by atoms with E-state index in [2.05, 4.69) is 13.8 Å². The van der Waals surface area contributed by atoms with E-state index in [-0.39, 0.29) is 11.9 Å². The summed E-state index contributed by atoms with van der Waals surface area (Å²) in [6.45, 7) is 5.08. The van der Waals surface area contributed by atoms with E-state index in [1.165, 1.54) is 44.9 Å². The molecule has 0 atom stereocenters. The normalized spacial score (nSPS) is 22.6. The first-order chi connectivity index (χ1) is 8.74. The van der Waals surface area contributed by atoms with Crippen LogP contribution in [0.2, 0.25) is 0 Å². The van der Waals surface area contributed by atoms with Crippen molar-refractivity contribution in [1.82, 2.24) is 0 Å². The Balaban J connectivity index is 1.79. The average molecular weight is 254 g/mol. The lowest BCUT2D eigenvalue weighted by atomic mass is 9.76. The Labute approximate surface area is 112 Å². The molecule has 1 aliphatic rings. The maximum Gasteiger partial charge on any atom is 0.308 e. The van der Waals surface area contributed by atoms with Gasteiger partial charge in [0, 0.05) is 0 Å². The van der Waals surface area contributed by atoms with Crippen LogP contribution in [0, 0.1) is 11.8 Å². The van der Waals surface area contributed by atoms with E-state index >= 15 is 0 Å². The van der Waals surface area contributed by atoms with E-state index in [4.69, 9.17) is 4.74 Å². The molecule has 1 saturated carbocycles. The molecule has 0 heterocycles. The molecular weight excluding hydrogens is 224 g/mol. The van der Waals surface area contributed by atoms with Gasteiger partial charge in [-0.15, -0.1) is 0 Å². The van der Waals surface area contributed by atoms with E-state index in [1.54, 1.807) is 0 Å². The molecule has 1 fully saturated rings. The molecule has 0 aromatic rings. The molecule has 106 valence electrons. The summed E-state index contributed by atoms with van der Waals surface area (Å²) >= 11 is 0. The van der Waals surface area contributed by atoms with E-state index < -0.39 is 0 Å². The summed E-state index contributed by atoms with van der Waals surface area (Å²) in [5, 5.41) is 0. The monoisotopic (exact) mass is 254 g/mol. The van der Waals surface area contributed by atoms with Crippen molar-refractivity contribution in [3.8, 4) is 0 Å². The van der Waals surface area contributed by atoms with E-state index in [0.29, 0.717) is 6.61 Å². The van der Waals surface area contributed by atoms with Gasteiger partial charge in [0.1, 0.15) is 0 Å². The third kappa shape index (κ3) is 6.42. The Morgan fingerprint density at radius 2 is 1.56 bits per heavy atom. The number of esters is 1. The number of rotatable bonds is 10. The fourth-order valence-electron chi connectivity index (χ4n) is 2.62. The second kappa shape index (κ2) is 9.41. The number of ether oxygens (including phenoxy) is 1. The maximum atomic E-state index is 11.6. The van der Waals surface area contributed by atoms with Crippen LogP contribution < -0.4 is 0 Å². The predicted octanol–water partition coefficient (Wildman–Crippen LogP) is 4.72. The zero-order chi connectivity index (χ0) is 13.2. The van der Waals surface area contributed by atoms with Gasteiger partial charge in [0.15, 0.2) is 0 Å². The van der Waals surface area contributed by atoms with Crippen LogP contribution in [0.4, 0.5) is 0 Å². The number of hydrogen-bond donors (Lipinski definition) is 0. The molecule has 0 spiro atoms. The minimum Gasteiger partial charge on any atom is -0.465 e. The van der Waals surface area contributed by atoms with Crippen LogP contribution in [0.1, 0.15) is 78.1 Å². The molecule has 0 bridgehead atoms. The van der Waals surface area contributed by atoms with Gasteiger partial charge in [-0.3, -0.25) is 4.79 Å². The van der Waals surface area contributed by atoms with Gasteiger partial charge in [-0.1, -0.05) is 58.8 Å². The molecule has 0 aromatic heterocycles. The standard InChI is InChI=1S/C16H30O2/c1-3-4-5-6-7-8-9-10-11-18-16(17)15-12-14(2)13-15/h14-15H,3-13H2,1-2H3. The molecule has 2 nitrogen and oxygen atoms in total. The van der Waals surface area contributed by atoms with Gasteiger partial charge in [-0.25, -0.2) is 0 Å². The van der Waals surface area contributed by atoms with Crippen molar-refractivity contribution in [2.75, 3.05) is 6.61 Å². The molecule has 0 aromatic carbocycles. The largest absolute Gasteiger partial charge is 0.465 e. The number of carbonyl (C=O) groups is 1. The van der Waals surface area contributed by atoms with Gasteiger partial charge in [0.25, 0.3) is 0 Å². The lowest BCUT2D eigenvalue weighted by molar-refractivity contribution is -0.153. The van der Waals surface area contributed by atoms with Crippen LogP contribution in [0.15, 0.2) is 0 Å². The Morgan fingerprint density at radius 1 is 1.00 bits per heavy atom. The first-order valence-electron chi connectivity index (χ1n) is 7.90. The molecular formula is C16H30O2. The first-order valence-corrected chi connectivity index (χ1v) is 7.90. The number of carbonyl (C=O) groups excluding carboxylic acids is 1. The summed E-state index contributed by atoms with van der Waals surface area (Å²) in [5.41, 5.74) is 0. The lowest BCUT2D eigenvalue weighted by Gasteiger charge is -2.30. The van der Waals surface area contributed by atoms with Gasteiger partial charge < -0.3 is 4.74 Å². The van der Waals surface area contributed by atoms with Gasteiger partial charge >= 0.3 is 5.97 Å². The molecule has 2 heteroatoms. The Hall–Kier alpha value is -0.530. The van der Waals surface area contributed by atoms with Crippen LogP contribution in [0.5, 0.6) is 0 Å². The molecule has 0 N–H and O–H groups in total. The molecule has 0 radical (unpaired) electrons. The zero-order valence-electron chi connectivity index (χ0n) is 12.2. The predicted molar refractivity (Wildman–Crippen MR) is 75.5 cm³/mol. The van der Waals surface area contributed by atoms with E-state index in [0.717, 1.165) is 25.2 Å². The van der Waals surface area contributed by atoms with E-state index in [1.807, 2.05) is 0 Å². The van der Waals surface area contributed by atoms with Crippen molar-refractivity contribution in [2.24, 2.45) is 11.8 Å². The van der Waals surface area contributed by atoms with E-state index in [9.17, 15) is 4.79 Å². The van der Waals surface area contributed by atoms with Crippen molar-refractivity contribution in [3.05, 3.63) is 0 Å². The van der Waals surface area contributed by atoms with Gasteiger partial charge in [-0.05, 0) is 25.2 Å². The molecule has 18 heavy (non-hydrogen) atoms. The fraction of sp³-hybridized carbons (Fsp3) is 0.938. The SMILES string of the molecule is CCCCCCCCCCOC(=O)C1CC(C)C1. The molecule has 0 unspecified atom stereocenters. The topological polar surface area (TPSA) is 26.3 Å². The smallest absolute Gasteiger partial charge is 0.308 e. The summed E-state index contributed by atoms with van der Waals surface area (Å²) in [6.07, 6.45) is 12.4. The van der Waals surface area contributed by atoms with Crippen molar-refractivity contribution < 1.29 is 9.53 Å². The minimum atomic E-state index is 0.0519. The highest BCUT2D eigenvalue weighted by Gasteiger charge is 2.32. The third-order valence-electron chi connectivity index (χ3n) is 3.95. The van der Waals surface area contributed by atoms with Gasteiger partial charge in [-0.2, -0.15) is 0 Å². The van der Waals surface area contributed by atoms with Crippen LogP contribution >= 0.6 is 0 Å². The van der Waals surface area contributed by atoms with Gasteiger partial charge in [0.2, 0.25) is 0 Å². The summed E-state index contributed by atoms with van der Waals surface area (Å²) in [7, 11) is 0. The Morgan fingerprint density at radius 3 is 2.11 bits per heavy atom. The van der Waals surface area contributed by atoms with Crippen molar-refractivity contribution >= 4 is 5.97 Å². The minimum absolute atomic E-state index is 0.0519. The highest BCUT2D eigenvalue weighted by Crippen LogP contribution is 2.33. The second-order valence-corrected chi connectivity index (χ2v) is 5.92. The fourth-order valence-corrected chi connectivity index (χ4v) is 2.62. The quantitative estimate of drug-likeness (QED) is 0.416. The van der Waals surface area contributed by atoms with Crippen molar-refractivity contribution in [2.45, 2.75) is 78.1 Å². The number of unbranched alkanes of at least 4 members (excludes halogenated alkanes) is 7. The summed E-state index contributed by atoms with van der Waals surface area (Å²) in [5.74, 6) is 0.996. The van der Waals surface area contributed by atoms with Crippen LogP contribution in [-0.2, 0) is 9.53 Å². The maximum absolute atomic E-state index is 11.6. The van der Waals surface area contributed by atoms with Gasteiger partial charge in [0.05, 0.1) is 12.5 Å². The summed E-state index contributed by atoms with van der Waals surface area (Å²) < 4.78 is 5.30. The molecule has 0 amide bonds. The number of hydrogen-bond acceptors (Lipinski definition) is 2. The average Bonchev–Trinajstić information content (AvgIpc) is 2.32. The lowest BCUT2D eigenvalue weighted by Crippen LogP contribution is -2.30. The third-order valence-corrected chi connectivity index (χ3v) is 3.95. The highest BCUT2D eigenvalue weighted by atomic mass is 16.5. The van der Waals surface area contributed by atoms with Crippen molar-refractivity contribution in [1.29, 1.82) is 0 Å². The Bertz CT molecular complexity index is 219. The highest BCUT2D eigenvalue weighted by molar-refractivity contribution is 5.73. The summed E-state index contributed by atoms with van der Waals surface area (Å²) in [4.78, 5) is 11.6. The molecule has 0 aliphatic heterocycles. The second-order valence-electron chi connectivity index (χ2n) is 5.92. The van der Waals surface area contributed by atoms with Crippen LogP contribution in [0.3, 0.4) is 0 Å². The van der Waals surface area contributed by atoms with Crippen LogP contribution in [0.25, 0.3) is 0 Å². The molecule has 1 aliphatic carbocycles. The first kappa shape index (κ1) is 15.5. The molecule has 0 saturated heterocycles. The summed E-state index contributed by atoms with van der Waals surface area (Å²) in [6, 6.07) is 0. The molecule has 1 rings (SSSR count). The zero-order valence-corrected chi connectivity index (χ0v) is 12.2. The van der Waals surface area contributed by atoms with Crippen molar-refractivity contribution in [3.63, 3.8) is 0 Å². The van der Waals surface area contributed by atoms with Crippen LogP contribution in [-0.4, -0.2) is 12.6 Å². The Kier molecular flexibility index (Phi) is 8.11.